The molecule has 1 heterocycles. The smallest absolute Gasteiger partial charge is 0.428 e. The molecule has 0 saturated carbocycles. The van der Waals surface area contributed by atoms with Crippen molar-refractivity contribution in [2.75, 3.05) is 13.2 Å². The number of nitrogens with zero attached hydrogens (tertiary/aromatic N) is 2. The summed E-state index contributed by atoms with van der Waals surface area (Å²) in [6.07, 6.45) is -2.79. The maximum absolute atomic E-state index is 13.1. The molecule has 0 amide bonds. The minimum absolute atomic E-state index is 0.0693. The number of ether oxygens (including phenoxy) is 3. The van der Waals surface area contributed by atoms with E-state index in [4.69, 9.17) is 9.47 Å². The van der Waals surface area contributed by atoms with Crippen LogP contribution in [0.25, 0.3) is 11.3 Å². The summed E-state index contributed by atoms with van der Waals surface area (Å²) in [7, 11) is 0. The lowest BCUT2D eigenvalue weighted by Crippen LogP contribution is -2.38. The van der Waals surface area contributed by atoms with Gasteiger partial charge in [-0.05, 0) is 43.2 Å². The minimum atomic E-state index is -4.74. The van der Waals surface area contributed by atoms with Gasteiger partial charge in [-0.1, -0.05) is 33.1 Å². The molecule has 32 heavy (non-hydrogen) atoms. The highest BCUT2D eigenvalue weighted by atomic mass is 19.4. The number of aromatic nitrogens is 2. The Hall–Kier alpha value is -2.84. The van der Waals surface area contributed by atoms with Gasteiger partial charge < -0.3 is 14.2 Å². The fraction of sp³-hybridized carbons (Fsp3) is 0.522. The van der Waals surface area contributed by atoms with Gasteiger partial charge in [0.25, 0.3) is 0 Å². The van der Waals surface area contributed by atoms with Crippen LogP contribution in [-0.2, 0) is 9.53 Å². The molecule has 0 radical (unpaired) electrons. The van der Waals surface area contributed by atoms with Crippen LogP contribution in [0.5, 0.6) is 11.6 Å². The van der Waals surface area contributed by atoms with Gasteiger partial charge in [0.2, 0.25) is 12.0 Å². The highest BCUT2D eigenvalue weighted by molar-refractivity contribution is 5.69. The SMILES string of the molecule is CCCCCOc1ccc(-c2ccc(OCC(OC(=O)CCCC)C(F)(F)F)nn2)cc1. The fourth-order valence-corrected chi connectivity index (χ4v) is 2.71. The lowest BCUT2D eigenvalue weighted by Gasteiger charge is -2.20. The van der Waals surface area contributed by atoms with E-state index < -0.39 is 24.9 Å². The predicted molar refractivity (Wildman–Crippen MR) is 113 cm³/mol. The van der Waals surface area contributed by atoms with Crippen molar-refractivity contribution in [3.63, 3.8) is 0 Å². The number of rotatable bonds is 13. The molecule has 2 aromatic rings. The van der Waals surface area contributed by atoms with E-state index in [-0.39, 0.29) is 12.3 Å². The van der Waals surface area contributed by atoms with Gasteiger partial charge in [-0.2, -0.15) is 13.2 Å². The maximum atomic E-state index is 13.1. The van der Waals surface area contributed by atoms with E-state index in [1.54, 1.807) is 6.07 Å². The zero-order valence-corrected chi connectivity index (χ0v) is 18.4. The Balaban J connectivity index is 1.91. The molecule has 0 bridgehead atoms. The molecule has 0 aliphatic heterocycles. The first-order valence-electron chi connectivity index (χ1n) is 10.8. The lowest BCUT2D eigenvalue weighted by molar-refractivity contribution is -0.227. The van der Waals surface area contributed by atoms with E-state index in [0.29, 0.717) is 25.1 Å². The molecule has 0 aliphatic rings. The predicted octanol–water partition coefficient (Wildman–Crippen LogP) is 5.76. The molecule has 0 saturated heterocycles. The van der Waals surface area contributed by atoms with E-state index >= 15 is 0 Å². The van der Waals surface area contributed by atoms with Gasteiger partial charge in [0.1, 0.15) is 12.4 Å². The Labute approximate surface area is 186 Å². The first kappa shape index (κ1) is 25.4. The average Bonchev–Trinajstić information content (AvgIpc) is 2.78. The number of hydrogen-bond donors (Lipinski definition) is 0. The van der Waals surface area contributed by atoms with Gasteiger partial charge in [0.15, 0.2) is 0 Å². The number of carbonyl (C=O) groups is 1. The molecule has 176 valence electrons. The number of halogens is 3. The van der Waals surface area contributed by atoms with E-state index in [2.05, 4.69) is 21.9 Å². The summed E-state index contributed by atoms with van der Waals surface area (Å²) < 4.78 is 54.7. The fourth-order valence-electron chi connectivity index (χ4n) is 2.71. The molecular weight excluding hydrogens is 425 g/mol. The molecule has 0 spiro atoms. The largest absolute Gasteiger partial charge is 0.494 e. The summed E-state index contributed by atoms with van der Waals surface area (Å²) in [5.74, 6) is -0.245. The number of carbonyl (C=O) groups excluding carboxylic acids is 1. The lowest BCUT2D eigenvalue weighted by atomic mass is 10.1. The van der Waals surface area contributed by atoms with Crippen molar-refractivity contribution < 1.29 is 32.2 Å². The highest BCUT2D eigenvalue weighted by Gasteiger charge is 2.43. The Morgan fingerprint density at radius 1 is 0.938 bits per heavy atom. The third-order valence-corrected chi connectivity index (χ3v) is 4.56. The third-order valence-electron chi connectivity index (χ3n) is 4.56. The summed E-state index contributed by atoms with van der Waals surface area (Å²) in [6.45, 7) is 3.73. The van der Waals surface area contributed by atoms with E-state index in [1.807, 2.05) is 31.2 Å². The molecule has 2 rings (SSSR count). The van der Waals surface area contributed by atoms with Gasteiger partial charge in [-0.25, -0.2) is 0 Å². The van der Waals surface area contributed by atoms with Gasteiger partial charge in [0, 0.05) is 18.1 Å². The van der Waals surface area contributed by atoms with Crippen molar-refractivity contribution >= 4 is 5.97 Å². The molecule has 6 nitrogen and oxygen atoms in total. The van der Waals surface area contributed by atoms with Crippen LogP contribution >= 0.6 is 0 Å². The number of benzene rings is 1. The van der Waals surface area contributed by atoms with E-state index in [9.17, 15) is 18.0 Å². The first-order chi connectivity index (χ1) is 15.3. The maximum Gasteiger partial charge on any atom is 0.428 e. The molecule has 0 N–H and O–H groups in total. The quantitative estimate of drug-likeness (QED) is 0.283. The van der Waals surface area contributed by atoms with Crippen molar-refractivity contribution in [2.24, 2.45) is 0 Å². The first-order valence-corrected chi connectivity index (χ1v) is 10.8. The Kier molecular flexibility index (Phi) is 10.2. The molecule has 1 aromatic carbocycles. The number of esters is 1. The molecule has 1 atom stereocenters. The zero-order chi connectivity index (χ0) is 23.4. The summed E-state index contributed by atoms with van der Waals surface area (Å²) in [5.41, 5.74) is 1.32. The molecule has 0 aliphatic carbocycles. The van der Waals surface area contributed by atoms with Crippen LogP contribution in [0.4, 0.5) is 13.2 Å². The van der Waals surface area contributed by atoms with Gasteiger partial charge in [-0.15, -0.1) is 10.2 Å². The number of unbranched alkanes of at least 4 members (excludes halogenated alkanes) is 3. The minimum Gasteiger partial charge on any atom is -0.494 e. The third kappa shape index (κ3) is 8.72. The van der Waals surface area contributed by atoms with Crippen molar-refractivity contribution in [1.82, 2.24) is 10.2 Å². The van der Waals surface area contributed by atoms with Gasteiger partial charge in [0.05, 0.1) is 12.3 Å². The summed E-state index contributed by atoms with van der Waals surface area (Å²) in [6, 6.07) is 10.3. The van der Waals surface area contributed by atoms with E-state index in [0.717, 1.165) is 30.6 Å². The van der Waals surface area contributed by atoms with Crippen LogP contribution < -0.4 is 9.47 Å². The topological polar surface area (TPSA) is 70.5 Å². The molecule has 1 aromatic heterocycles. The zero-order valence-electron chi connectivity index (χ0n) is 18.4. The summed E-state index contributed by atoms with van der Waals surface area (Å²) in [4.78, 5) is 11.6. The average molecular weight is 454 g/mol. The van der Waals surface area contributed by atoms with Crippen molar-refractivity contribution in [3.8, 4) is 22.9 Å². The normalized spacial score (nSPS) is 12.3. The standard InChI is InChI=1S/C23H29F3N2O4/c1-3-5-7-15-30-18-11-9-17(10-12-18)19-13-14-21(28-27-19)31-16-20(23(24,25)26)32-22(29)8-6-4-2/h9-14,20H,3-8,15-16H2,1-2H3. The van der Waals surface area contributed by atoms with Crippen molar-refractivity contribution in [1.29, 1.82) is 0 Å². The second kappa shape index (κ2) is 12.9. The van der Waals surface area contributed by atoms with Crippen LogP contribution in [0, 0.1) is 0 Å². The van der Waals surface area contributed by atoms with E-state index in [1.165, 1.54) is 6.07 Å². The van der Waals surface area contributed by atoms with Crippen LogP contribution in [0.1, 0.15) is 52.4 Å². The number of alkyl halides is 3. The van der Waals surface area contributed by atoms with Crippen LogP contribution in [0.2, 0.25) is 0 Å². The van der Waals surface area contributed by atoms with Crippen LogP contribution in [0.15, 0.2) is 36.4 Å². The molecule has 9 heteroatoms. The summed E-state index contributed by atoms with van der Waals surface area (Å²) >= 11 is 0. The van der Waals surface area contributed by atoms with Crippen LogP contribution in [-0.4, -0.2) is 41.7 Å². The van der Waals surface area contributed by atoms with Gasteiger partial charge >= 0.3 is 12.1 Å². The molecule has 1 unspecified atom stereocenters. The second-order valence-electron chi connectivity index (χ2n) is 7.27. The molecule has 0 fully saturated rings. The Morgan fingerprint density at radius 3 is 2.25 bits per heavy atom. The highest BCUT2D eigenvalue weighted by Crippen LogP contribution is 2.25. The Morgan fingerprint density at radius 2 is 1.66 bits per heavy atom. The van der Waals surface area contributed by atoms with Crippen molar-refractivity contribution in [3.05, 3.63) is 36.4 Å². The van der Waals surface area contributed by atoms with Crippen LogP contribution in [0.3, 0.4) is 0 Å². The molecular formula is C23H29F3N2O4. The number of hydrogen-bond acceptors (Lipinski definition) is 6. The second-order valence-corrected chi connectivity index (χ2v) is 7.27. The monoisotopic (exact) mass is 454 g/mol. The summed E-state index contributed by atoms with van der Waals surface area (Å²) in [5, 5.41) is 7.82. The van der Waals surface area contributed by atoms with Gasteiger partial charge in [-0.3, -0.25) is 4.79 Å². The van der Waals surface area contributed by atoms with Crippen molar-refractivity contribution in [2.45, 2.75) is 64.7 Å². The Bertz CT molecular complexity index is 811.